The van der Waals surface area contributed by atoms with Crippen LogP contribution in [0.15, 0.2) is 18.2 Å². The van der Waals surface area contributed by atoms with Gasteiger partial charge >= 0.3 is 0 Å². The van der Waals surface area contributed by atoms with Crippen molar-refractivity contribution in [2.45, 2.75) is 13.0 Å². The van der Waals surface area contributed by atoms with Gasteiger partial charge in [0.15, 0.2) is 6.29 Å². The summed E-state index contributed by atoms with van der Waals surface area (Å²) in [5.74, 6) is 4.60. The van der Waals surface area contributed by atoms with Crippen molar-refractivity contribution in [3.63, 3.8) is 0 Å². The fourth-order valence-corrected chi connectivity index (χ4v) is 0.927. The van der Waals surface area contributed by atoms with Crippen LogP contribution in [0.5, 0.6) is 0 Å². The Bertz CT molecular complexity index is 399. The monoisotopic (exact) mass is 192 g/mol. The Morgan fingerprint density at radius 2 is 2.29 bits per heavy atom. The topological polar surface area (TPSA) is 37.3 Å². The highest BCUT2D eigenvalue weighted by Gasteiger charge is 2.00. The molecule has 0 heterocycles. The molecule has 0 spiro atoms. The average Bonchev–Trinajstić information content (AvgIpc) is 2.15. The predicted molar refractivity (Wildman–Crippen MR) is 50.3 cm³/mol. The summed E-state index contributed by atoms with van der Waals surface area (Å²) in [7, 11) is 0. The van der Waals surface area contributed by atoms with Crippen LogP contribution in [0, 0.1) is 17.7 Å². The first-order chi connectivity index (χ1) is 6.63. The van der Waals surface area contributed by atoms with Crippen molar-refractivity contribution in [3.8, 4) is 11.8 Å². The molecule has 0 aliphatic carbocycles. The molecule has 0 saturated carbocycles. The molecule has 72 valence electrons. The first kappa shape index (κ1) is 10.4. The van der Waals surface area contributed by atoms with Crippen LogP contribution < -0.4 is 0 Å². The maximum Gasteiger partial charge on any atom is 0.151 e. The third-order valence-electron chi connectivity index (χ3n) is 1.56. The van der Waals surface area contributed by atoms with Crippen molar-refractivity contribution in [1.82, 2.24) is 0 Å². The zero-order chi connectivity index (χ0) is 10.6. The second kappa shape index (κ2) is 4.54. The first-order valence-corrected chi connectivity index (χ1v) is 4.08. The van der Waals surface area contributed by atoms with Gasteiger partial charge in [-0.3, -0.25) is 4.79 Å². The molecular weight excluding hydrogens is 183 g/mol. The Morgan fingerprint density at radius 1 is 1.57 bits per heavy atom. The van der Waals surface area contributed by atoms with Gasteiger partial charge in [-0.25, -0.2) is 4.39 Å². The molecule has 1 aromatic carbocycles. The van der Waals surface area contributed by atoms with E-state index < -0.39 is 11.9 Å². The Balaban J connectivity index is 3.10. The van der Waals surface area contributed by atoms with Gasteiger partial charge in [0.05, 0.1) is 0 Å². The number of carbonyl (C=O) groups excluding carboxylic acids is 1. The van der Waals surface area contributed by atoms with Crippen LogP contribution in [0.2, 0.25) is 0 Å². The van der Waals surface area contributed by atoms with E-state index in [1.165, 1.54) is 19.1 Å². The number of aldehydes is 1. The summed E-state index contributed by atoms with van der Waals surface area (Å²) in [5, 5.41) is 8.90. The molecule has 1 N–H and O–H groups in total. The lowest BCUT2D eigenvalue weighted by Gasteiger charge is -1.96. The molecule has 0 bridgehead atoms. The lowest BCUT2D eigenvalue weighted by Crippen LogP contribution is -1.94. The molecule has 1 rings (SSSR count). The third-order valence-corrected chi connectivity index (χ3v) is 1.56. The van der Waals surface area contributed by atoms with E-state index in [0.717, 1.165) is 6.07 Å². The molecule has 1 atom stereocenters. The van der Waals surface area contributed by atoms with E-state index in [-0.39, 0.29) is 5.56 Å². The van der Waals surface area contributed by atoms with Crippen LogP contribution in [-0.4, -0.2) is 17.5 Å². The van der Waals surface area contributed by atoms with E-state index in [4.69, 9.17) is 5.11 Å². The predicted octanol–water partition coefficient (Wildman–Crippen LogP) is 1.37. The maximum absolute atomic E-state index is 12.7. The van der Waals surface area contributed by atoms with Gasteiger partial charge in [0.25, 0.3) is 0 Å². The summed E-state index contributed by atoms with van der Waals surface area (Å²) >= 11 is 0. The van der Waals surface area contributed by atoms with Crippen LogP contribution >= 0.6 is 0 Å². The SMILES string of the molecule is C[C@@H](O)C#Cc1ccc(F)cc1C=O. The van der Waals surface area contributed by atoms with Crippen molar-refractivity contribution in [1.29, 1.82) is 0 Å². The number of halogens is 1. The number of benzene rings is 1. The fraction of sp³-hybridized carbons (Fsp3) is 0.182. The van der Waals surface area contributed by atoms with Gasteiger partial charge < -0.3 is 5.11 Å². The van der Waals surface area contributed by atoms with Crippen molar-refractivity contribution in [2.24, 2.45) is 0 Å². The molecule has 0 aliphatic heterocycles. The zero-order valence-corrected chi connectivity index (χ0v) is 7.62. The molecular formula is C11H9FO2. The standard InChI is InChI=1S/C11H9FO2/c1-8(14)2-3-9-4-5-11(12)6-10(9)7-13/h4-8,14H,1H3/t8-/m1/s1. The highest BCUT2D eigenvalue weighted by molar-refractivity contribution is 5.79. The Labute approximate surface area is 81.4 Å². The highest BCUT2D eigenvalue weighted by Crippen LogP contribution is 2.07. The van der Waals surface area contributed by atoms with Gasteiger partial charge in [-0.05, 0) is 25.1 Å². The molecule has 0 fully saturated rings. The summed E-state index contributed by atoms with van der Waals surface area (Å²) in [5.41, 5.74) is 0.612. The Hall–Kier alpha value is -1.66. The second-order valence-electron chi connectivity index (χ2n) is 2.79. The lowest BCUT2D eigenvalue weighted by molar-refractivity contribution is 0.112. The molecule has 0 saturated heterocycles. The lowest BCUT2D eigenvalue weighted by atomic mass is 10.1. The van der Waals surface area contributed by atoms with E-state index in [2.05, 4.69) is 11.8 Å². The summed E-state index contributed by atoms with van der Waals surface area (Å²) < 4.78 is 12.7. The summed E-state index contributed by atoms with van der Waals surface area (Å²) in [6.07, 6.45) is -0.227. The molecule has 0 amide bonds. The first-order valence-electron chi connectivity index (χ1n) is 4.08. The van der Waals surface area contributed by atoms with Gasteiger partial charge in [-0.2, -0.15) is 0 Å². The van der Waals surface area contributed by atoms with Gasteiger partial charge in [0, 0.05) is 11.1 Å². The number of aliphatic hydroxyl groups excluding tert-OH is 1. The van der Waals surface area contributed by atoms with Gasteiger partial charge in [-0.1, -0.05) is 11.8 Å². The number of hydrogen-bond acceptors (Lipinski definition) is 2. The molecule has 0 aliphatic rings. The van der Waals surface area contributed by atoms with Crippen molar-refractivity contribution in [2.75, 3.05) is 0 Å². The van der Waals surface area contributed by atoms with E-state index in [0.29, 0.717) is 11.8 Å². The van der Waals surface area contributed by atoms with Crippen LogP contribution in [-0.2, 0) is 0 Å². The fourth-order valence-electron chi connectivity index (χ4n) is 0.927. The number of rotatable bonds is 1. The summed E-state index contributed by atoms with van der Waals surface area (Å²) in [6.45, 7) is 1.51. The molecule has 2 nitrogen and oxygen atoms in total. The quantitative estimate of drug-likeness (QED) is 0.539. The largest absolute Gasteiger partial charge is 0.381 e. The Kier molecular flexibility index (Phi) is 3.38. The minimum atomic E-state index is -0.764. The molecule has 14 heavy (non-hydrogen) atoms. The summed E-state index contributed by atoms with van der Waals surface area (Å²) in [6, 6.07) is 3.74. The number of aliphatic hydroxyl groups is 1. The van der Waals surface area contributed by atoms with E-state index >= 15 is 0 Å². The van der Waals surface area contributed by atoms with Crippen molar-refractivity contribution >= 4 is 6.29 Å². The zero-order valence-electron chi connectivity index (χ0n) is 7.62. The normalized spacial score (nSPS) is 11.4. The second-order valence-corrected chi connectivity index (χ2v) is 2.79. The molecule has 0 aromatic heterocycles. The highest BCUT2D eigenvalue weighted by atomic mass is 19.1. The van der Waals surface area contributed by atoms with Crippen molar-refractivity contribution < 1.29 is 14.3 Å². The van der Waals surface area contributed by atoms with Gasteiger partial charge in [-0.15, -0.1) is 0 Å². The van der Waals surface area contributed by atoms with E-state index in [1.54, 1.807) is 0 Å². The van der Waals surface area contributed by atoms with Crippen LogP contribution in [0.25, 0.3) is 0 Å². The number of carbonyl (C=O) groups is 1. The minimum absolute atomic E-state index is 0.193. The van der Waals surface area contributed by atoms with Crippen LogP contribution in [0.1, 0.15) is 22.8 Å². The van der Waals surface area contributed by atoms with E-state index in [1.807, 2.05) is 0 Å². The molecule has 0 radical (unpaired) electrons. The minimum Gasteiger partial charge on any atom is -0.381 e. The Morgan fingerprint density at radius 3 is 2.86 bits per heavy atom. The van der Waals surface area contributed by atoms with Crippen molar-refractivity contribution in [3.05, 3.63) is 35.1 Å². The van der Waals surface area contributed by atoms with Crippen LogP contribution in [0.3, 0.4) is 0 Å². The third kappa shape index (κ3) is 2.68. The smallest absolute Gasteiger partial charge is 0.151 e. The number of hydrogen-bond donors (Lipinski definition) is 1. The maximum atomic E-state index is 12.7. The molecule has 1 aromatic rings. The van der Waals surface area contributed by atoms with Gasteiger partial charge in [0.2, 0.25) is 0 Å². The van der Waals surface area contributed by atoms with Crippen LogP contribution in [0.4, 0.5) is 4.39 Å². The average molecular weight is 192 g/mol. The molecule has 0 unspecified atom stereocenters. The van der Waals surface area contributed by atoms with E-state index in [9.17, 15) is 9.18 Å². The summed E-state index contributed by atoms with van der Waals surface area (Å²) in [4.78, 5) is 10.5. The molecule has 3 heteroatoms. The van der Waals surface area contributed by atoms with Gasteiger partial charge in [0.1, 0.15) is 11.9 Å².